The quantitative estimate of drug-likeness (QED) is 0.0222. The lowest BCUT2D eigenvalue weighted by molar-refractivity contribution is -0.161. The lowest BCUT2D eigenvalue weighted by Crippen LogP contribution is -2.30. The standard InChI is InChI=1S/C68H132O17P2/c1-6-10-13-16-18-20-21-22-23-24-25-26-27-28-29-30-31-33-39-44-49-54-68(73)85-64(58-79-66(71)52-47-42-37-35-34-36-41-45-50-61(5)9-4)60-83-87(76,77)81-56-62(69)55-80-86(74,75)82-59-63(57-78-65(70)51-46-40-15-12-8-3)84-67(72)53-48-43-38-32-19-17-14-11-7-2/h61-64,69H,6-60H2,1-5H3,(H,74,75)(H,76,77)/t61?,62-,63+,64+/m0/s1. The van der Waals surface area contributed by atoms with Crippen LogP contribution in [0.4, 0.5) is 0 Å². The normalized spacial score (nSPS) is 14.4. The fraction of sp³-hybridized carbons (Fsp3) is 0.941. The molecular weight excluding hydrogens is 1150 g/mol. The van der Waals surface area contributed by atoms with Crippen molar-refractivity contribution >= 4 is 39.5 Å². The second-order valence-corrected chi connectivity index (χ2v) is 27.7. The Morgan fingerprint density at radius 2 is 0.552 bits per heavy atom. The highest BCUT2D eigenvalue weighted by molar-refractivity contribution is 7.47. The number of esters is 4. The second-order valence-electron chi connectivity index (χ2n) is 24.8. The molecule has 17 nitrogen and oxygen atoms in total. The lowest BCUT2D eigenvalue weighted by atomic mass is 9.99. The van der Waals surface area contributed by atoms with E-state index in [2.05, 4.69) is 34.6 Å². The van der Waals surface area contributed by atoms with Gasteiger partial charge in [0.2, 0.25) is 0 Å². The van der Waals surface area contributed by atoms with Gasteiger partial charge in [-0.2, -0.15) is 0 Å². The molecule has 19 heteroatoms. The van der Waals surface area contributed by atoms with E-state index >= 15 is 0 Å². The summed E-state index contributed by atoms with van der Waals surface area (Å²) in [5.74, 6) is -1.36. The van der Waals surface area contributed by atoms with Gasteiger partial charge in [0, 0.05) is 25.7 Å². The third kappa shape index (κ3) is 61.3. The number of carbonyl (C=O) groups excluding carboxylic acids is 4. The molecule has 0 rings (SSSR count). The van der Waals surface area contributed by atoms with Gasteiger partial charge >= 0.3 is 39.5 Å². The average Bonchev–Trinajstić information content (AvgIpc) is 3.68. The van der Waals surface area contributed by atoms with Crippen LogP contribution in [0.15, 0.2) is 0 Å². The van der Waals surface area contributed by atoms with Crippen LogP contribution in [-0.4, -0.2) is 96.7 Å². The molecule has 87 heavy (non-hydrogen) atoms. The summed E-state index contributed by atoms with van der Waals surface area (Å²) in [6.45, 7) is 7.12. The molecule has 0 aromatic rings. The van der Waals surface area contributed by atoms with Crippen LogP contribution < -0.4 is 0 Å². The molecule has 0 spiro atoms. The van der Waals surface area contributed by atoms with Crippen LogP contribution in [0, 0.1) is 5.92 Å². The Morgan fingerprint density at radius 1 is 0.322 bits per heavy atom. The summed E-state index contributed by atoms with van der Waals surface area (Å²) in [6, 6.07) is 0. The summed E-state index contributed by atoms with van der Waals surface area (Å²) in [5.41, 5.74) is 0. The van der Waals surface area contributed by atoms with Gasteiger partial charge in [0.25, 0.3) is 0 Å². The minimum Gasteiger partial charge on any atom is -0.462 e. The van der Waals surface area contributed by atoms with Gasteiger partial charge in [-0.25, -0.2) is 9.13 Å². The van der Waals surface area contributed by atoms with Crippen molar-refractivity contribution in [2.24, 2.45) is 5.92 Å². The van der Waals surface area contributed by atoms with Crippen molar-refractivity contribution in [1.82, 2.24) is 0 Å². The Labute approximate surface area is 530 Å². The van der Waals surface area contributed by atoms with Gasteiger partial charge in [0.1, 0.15) is 19.3 Å². The first-order valence-corrected chi connectivity index (χ1v) is 38.7. The molecule has 6 atom stereocenters. The van der Waals surface area contributed by atoms with Crippen molar-refractivity contribution < 1.29 is 80.2 Å². The molecule has 0 bridgehead atoms. The molecule has 0 aliphatic rings. The maximum absolute atomic E-state index is 13.0. The van der Waals surface area contributed by atoms with E-state index in [1.54, 1.807) is 0 Å². The SMILES string of the molecule is CCCCCCCCCCCCCCCCCCCCCCCC(=O)O[C@H](COC(=O)CCCCCCCCCCC(C)CC)COP(=O)(O)OC[C@@H](O)COP(=O)(O)OC[C@@H](COC(=O)CCCCCCC)OC(=O)CCCCCCCCCCC. The molecular formula is C68H132O17P2. The third-order valence-electron chi connectivity index (χ3n) is 16.1. The first-order valence-electron chi connectivity index (χ1n) is 35.7. The molecule has 0 aliphatic carbocycles. The topological polar surface area (TPSA) is 237 Å². The lowest BCUT2D eigenvalue weighted by Gasteiger charge is -2.21. The van der Waals surface area contributed by atoms with Gasteiger partial charge in [0.15, 0.2) is 12.2 Å². The number of carbonyl (C=O) groups is 4. The summed E-state index contributed by atoms with van der Waals surface area (Å²) in [6.07, 6.45) is 47.7. The molecule has 0 aliphatic heterocycles. The van der Waals surface area contributed by atoms with E-state index in [1.807, 2.05) is 0 Å². The number of aliphatic hydroxyl groups excluding tert-OH is 1. The molecule has 0 fully saturated rings. The molecule has 0 amide bonds. The molecule has 0 radical (unpaired) electrons. The number of rotatable bonds is 68. The van der Waals surface area contributed by atoms with Crippen molar-refractivity contribution in [2.75, 3.05) is 39.6 Å². The first kappa shape index (κ1) is 85.1. The zero-order chi connectivity index (χ0) is 64.2. The molecule has 0 saturated carbocycles. The number of aliphatic hydroxyl groups is 1. The Morgan fingerprint density at radius 3 is 0.816 bits per heavy atom. The Kier molecular flexibility index (Phi) is 60.2. The van der Waals surface area contributed by atoms with Gasteiger partial charge in [-0.3, -0.25) is 37.3 Å². The fourth-order valence-electron chi connectivity index (χ4n) is 10.3. The predicted molar refractivity (Wildman–Crippen MR) is 349 cm³/mol. The van der Waals surface area contributed by atoms with Crippen molar-refractivity contribution in [2.45, 2.75) is 368 Å². The van der Waals surface area contributed by atoms with Crippen LogP contribution in [0.2, 0.25) is 0 Å². The molecule has 3 N–H and O–H groups in total. The van der Waals surface area contributed by atoms with Gasteiger partial charge in [-0.05, 0) is 31.6 Å². The Balaban J connectivity index is 5.09. The van der Waals surface area contributed by atoms with E-state index in [4.69, 9.17) is 37.0 Å². The number of phosphoric acid groups is 2. The smallest absolute Gasteiger partial charge is 0.462 e. The zero-order valence-corrected chi connectivity index (χ0v) is 57.9. The van der Waals surface area contributed by atoms with Gasteiger partial charge in [0.05, 0.1) is 26.4 Å². The van der Waals surface area contributed by atoms with Crippen LogP contribution in [-0.2, 0) is 65.4 Å². The highest BCUT2D eigenvalue weighted by Gasteiger charge is 2.30. The van der Waals surface area contributed by atoms with E-state index in [9.17, 15) is 43.2 Å². The molecule has 0 aromatic carbocycles. The summed E-state index contributed by atoms with van der Waals surface area (Å²) >= 11 is 0. The number of phosphoric ester groups is 2. The van der Waals surface area contributed by atoms with Gasteiger partial charge in [-0.1, -0.05) is 298 Å². The molecule has 516 valence electrons. The Hall–Kier alpha value is -1.94. The zero-order valence-electron chi connectivity index (χ0n) is 56.2. The second kappa shape index (κ2) is 61.6. The van der Waals surface area contributed by atoms with Crippen LogP contribution in [0.5, 0.6) is 0 Å². The van der Waals surface area contributed by atoms with E-state index in [0.29, 0.717) is 25.7 Å². The molecule has 0 heterocycles. The van der Waals surface area contributed by atoms with Crippen LogP contribution in [0.25, 0.3) is 0 Å². The number of unbranched alkanes of at least 4 members (excludes halogenated alkanes) is 39. The molecule has 0 aromatic heterocycles. The van der Waals surface area contributed by atoms with Crippen molar-refractivity contribution in [3.05, 3.63) is 0 Å². The predicted octanol–water partition coefficient (Wildman–Crippen LogP) is 19.4. The van der Waals surface area contributed by atoms with Gasteiger partial charge < -0.3 is 33.8 Å². The minimum absolute atomic E-state index is 0.105. The molecule has 0 saturated heterocycles. The van der Waals surface area contributed by atoms with E-state index in [-0.39, 0.29) is 25.7 Å². The summed E-state index contributed by atoms with van der Waals surface area (Å²) in [7, 11) is -9.88. The van der Waals surface area contributed by atoms with Crippen LogP contribution >= 0.6 is 15.6 Å². The van der Waals surface area contributed by atoms with Crippen LogP contribution in [0.3, 0.4) is 0 Å². The van der Waals surface area contributed by atoms with Crippen molar-refractivity contribution in [3.8, 4) is 0 Å². The number of hydrogen-bond donors (Lipinski definition) is 3. The average molecular weight is 1280 g/mol. The summed E-state index contributed by atoms with van der Waals surface area (Å²) in [5, 5.41) is 10.5. The number of ether oxygens (including phenoxy) is 4. The summed E-state index contributed by atoms with van der Waals surface area (Å²) < 4.78 is 67.9. The van der Waals surface area contributed by atoms with Crippen molar-refractivity contribution in [1.29, 1.82) is 0 Å². The highest BCUT2D eigenvalue weighted by Crippen LogP contribution is 2.45. The third-order valence-corrected chi connectivity index (χ3v) is 18.0. The maximum Gasteiger partial charge on any atom is 0.472 e. The first-order chi connectivity index (χ1) is 42.1. The number of hydrogen-bond acceptors (Lipinski definition) is 15. The van der Waals surface area contributed by atoms with Crippen LogP contribution in [0.1, 0.15) is 349 Å². The van der Waals surface area contributed by atoms with E-state index in [1.165, 1.54) is 167 Å². The fourth-order valence-corrected chi connectivity index (χ4v) is 11.8. The molecule has 3 unspecified atom stereocenters. The monoisotopic (exact) mass is 1280 g/mol. The summed E-state index contributed by atoms with van der Waals surface area (Å²) in [4.78, 5) is 72.1. The van der Waals surface area contributed by atoms with Gasteiger partial charge in [-0.15, -0.1) is 0 Å². The van der Waals surface area contributed by atoms with E-state index < -0.39 is 97.5 Å². The van der Waals surface area contributed by atoms with Crippen molar-refractivity contribution in [3.63, 3.8) is 0 Å². The largest absolute Gasteiger partial charge is 0.472 e. The Bertz CT molecular complexity index is 1690. The highest BCUT2D eigenvalue weighted by atomic mass is 31.2. The minimum atomic E-state index is -4.95. The maximum atomic E-state index is 13.0. The van der Waals surface area contributed by atoms with E-state index in [0.717, 1.165) is 102 Å².